The molecule has 10 heteroatoms. The van der Waals surface area contributed by atoms with Gasteiger partial charge in [0.15, 0.2) is 0 Å². The smallest absolute Gasteiger partial charge is 0.337 e. The van der Waals surface area contributed by atoms with Crippen LogP contribution in [0.2, 0.25) is 0 Å². The van der Waals surface area contributed by atoms with Crippen LogP contribution in [0.3, 0.4) is 0 Å². The molecule has 0 fully saturated rings. The Bertz CT molecular complexity index is 2980. The summed E-state index contributed by atoms with van der Waals surface area (Å²) in [7, 11) is 2.72. The number of carbonyl (C=O) groups excluding carboxylic acids is 2. The van der Waals surface area contributed by atoms with Crippen LogP contribution in [0.5, 0.6) is 0 Å². The topological polar surface area (TPSA) is 136 Å². The van der Waals surface area contributed by atoms with Crippen LogP contribution in [-0.2, 0) is 9.47 Å². The molecule has 0 saturated carbocycles. The number of hydrogen-bond acceptors (Lipinski definition) is 8. The quantitative estimate of drug-likeness (QED) is 0.133. The molecule has 5 aromatic heterocycles. The summed E-state index contributed by atoms with van der Waals surface area (Å²) in [5, 5.41) is 0. The normalized spacial score (nSPS) is 11.2. The van der Waals surface area contributed by atoms with Gasteiger partial charge >= 0.3 is 11.9 Å². The molecule has 0 aliphatic carbocycles. The molecule has 7 aromatic rings. The van der Waals surface area contributed by atoms with Gasteiger partial charge in [-0.25, -0.2) is 29.5 Å². The Hall–Kier alpha value is -8.60. The molecule has 2 aliphatic heterocycles. The monoisotopic (exact) mass is 780 g/mol. The fourth-order valence-corrected chi connectivity index (χ4v) is 6.98. The van der Waals surface area contributed by atoms with E-state index in [4.69, 9.17) is 19.4 Å². The third-order valence-electron chi connectivity index (χ3n) is 9.90. The number of carbonyl (C=O) groups is 2. The summed E-state index contributed by atoms with van der Waals surface area (Å²) in [6, 6.07) is 33.6. The van der Waals surface area contributed by atoms with Gasteiger partial charge in [0.05, 0.1) is 70.3 Å². The number of nitrogens with zero attached hydrogens (tertiary/aromatic N) is 4. The molecule has 0 spiro atoms. The van der Waals surface area contributed by atoms with Crippen molar-refractivity contribution in [1.82, 2.24) is 29.9 Å². The Morgan fingerprint density at radius 2 is 0.867 bits per heavy atom. The number of pyridine rings is 2. The number of aromatic nitrogens is 6. The highest BCUT2D eigenvalue weighted by molar-refractivity contribution is 5.97. The molecule has 0 saturated heterocycles. The summed E-state index contributed by atoms with van der Waals surface area (Å²) < 4.78 is 9.95. The van der Waals surface area contributed by atoms with Crippen molar-refractivity contribution in [3.05, 3.63) is 178 Å². The van der Waals surface area contributed by atoms with Gasteiger partial charge in [0.25, 0.3) is 0 Å². The van der Waals surface area contributed by atoms with Crippen LogP contribution in [-0.4, -0.2) is 56.1 Å². The standard InChI is InChI=1S/C50H32N6O4/c1-59-49(57)33-13-9-31(10-14-33)47-43-25-21-39(53-43)37(19-17-35-7-3-5-29-51-35)41-23-27-45(55-41)48(32-11-15-34(16-12-32)50(58)60-2)46-28-24-42(56-46)38(40-22-26-44(47)54-40)20-18-36-8-4-6-30-52-36/h3-16,21-30,53,56H,1-2H3. The van der Waals surface area contributed by atoms with Crippen molar-refractivity contribution in [2.24, 2.45) is 0 Å². The third-order valence-corrected chi connectivity index (χ3v) is 9.90. The molecule has 2 aliphatic rings. The number of ether oxygens (including phenoxy) is 2. The van der Waals surface area contributed by atoms with E-state index in [1.54, 1.807) is 36.7 Å². The average molecular weight is 781 g/mol. The van der Waals surface area contributed by atoms with E-state index < -0.39 is 11.9 Å². The van der Waals surface area contributed by atoms with Crippen LogP contribution in [0, 0.1) is 23.7 Å². The molecule has 9 rings (SSSR count). The number of nitrogens with one attached hydrogen (secondary N) is 2. The summed E-state index contributed by atoms with van der Waals surface area (Å²) in [4.78, 5) is 51.4. The summed E-state index contributed by atoms with van der Waals surface area (Å²) in [5.74, 6) is 12.3. The van der Waals surface area contributed by atoms with Gasteiger partial charge in [0.1, 0.15) is 11.4 Å². The summed E-state index contributed by atoms with van der Waals surface area (Å²) in [6.45, 7) is 0. The molecule has 0 unspecified atom stereocenters. The molecule has 8 bridgehead atoms. The molecule has 60 heavy (non-hydrogen) atoms. The van der Waals surface area contributed by atoms with Crippen molar-refractivity contribution >= 4 is 58.3 Å². The number of rotatable bonds is 4. The minimum atomic E-state index is -0.428. The second-order valence-corrected chi connectivity index (χ2v) is 13.6. The van der Waals surface area contributed by atoms with Gasteiger partial charge in [0.2, 0.25) is 0 Å². The fraction of sp³-hybridized carbons (Fsp3) is 0.0400. The van der Waals surface area contributed by atoms with Gasteiger partial charge in [-0.15, -0.1) is 0 Å². The SMILES string of the molecule is COC(=O)c1ccc(-c2c3nc(c(C#Cc4ccccn4)c4ccc([nH]4)c(-c4ccc(C(=O)OC)cc4)c4nc(c(C#Cc5ccccn5)c5ccc2[nH]5)C=C4)C=C3)cc1. The third kappa shape index (κ3) is 7.36. The van der Waals surface area contributed by atoms with Crippen molar-refractivity contribution in [1.29, 1.82) is 0 Å². The lowest BCUT2D eigenvalue weighted by molar-refractivity contribution is 0.0592. The van der Waals surface area contributed by atoms with E-state index in [1.165, 1.54) is 14.2 Å². The molecule has 7 heterocycles. The number of hydrogen-bond donors (Lipinski definition) is 2. The highest BCUT2D eigenvalue weighted by Gasteiger charge is 2.18. The number of benzene rings is 2. The fourth-order valence-electron chi connectivity index (χ4n) is 6.98. The Morgan fingerprint density at radius 1 is 0.467 bits per heavy atom. The maximum atomic E-state index is 12.4. The van der Waals surface area contributed by atoms with Crippen LogP contribution in [0.15, 0.2) is 122 Å². The van der Waals surface area contributed by atoms with Crippen LogP contribution < -0.4 is 0 Å². The largest absolute Gasteiger partial charge is 0.465 e. The maximum Gasteiger partial charge on any atom is 0.337 e. The predicted molar refractivity (Wildman–Crippen MR) is 233 cm³/mol. The Labute approximate surface area is 344 Å². The van der Waals surface area contributed by atoms with E-state index >= 15 is 0 Å². The lowest BCUT2D eigenvalue weighted by atomic mass is 10.0. The predicted octanol–water partition coefficient (Wildman–Crippen LogP) is 9.15. The summed E-state index contributed by atoms with van der Waals surface area (Å²) in [6.07, 6.45) is 11.2. The van der Waals surface area contributed by atoms with Crippen LogP contribution >= 0.6 is 0 Å². The minimum Gasteiger partial charge on any atom is -0.465 e. The van der Waals surface area contributed by atoms with Gasteiger partial charge in [0, 0.05) is 34.6 Å². The van der Waals surface area contributed by atoms with Crippen LogP contribution in [0.1, 0.15) is 66.0 Å². The van der Waals surface area contributed by atoms with E-state index in [1.807, 2.05) is 109 Å². The lowest BCUT2D eigenvalue weighted by Crippen LogP contribution is -2.00. The Kier molecular flexibility index (Phi) is 9.93. The zero-order chi connectivity index (χ0) is 41.0. The Morgan fingerprint density at radius 3 is 1.25 bits per heavy atom. The van der Waals surface area contributed by atoms with E-state index in [9.17, 15) is 9.59 Å². The van der Waals surface area contributed by atoms with E-state index in [0.29, 0.717) is 56.4 Å². The number of methoxy groups -OCH3 is 2. The first-order valence-corrected chi connectivity index (χ1v) is 18.9. The van der Waals surface area contributed by atoms with Gasteiger partial charge < -0.3 is 19.4 Å². The van der Waals surface area contributed by atoms with Crippen LogP contribution in [0.4, 0.5) is 0 Å². The lowest BCUT2D eigenvalue weighted by Gasteiger charge is -2.06. The number of esters is 2. The molecule has 0 atom stereocenters. The molecule has 10 nitrogen and oxygen atoms in total. The van der Waals surface area contributed by atoms with Gasteiger partial charge in [-0.3, -0.25) is 0 Å². The first-order valence-electron chi connectivity index (χ1n) is 18.9. The summed E-state index contributed by atoms with van der Waals surface area (Å²) >= 11 is 0. The van der Waals surface area contributed by atoms with Crippen LogP contribution in [0.25, 0.3) is 68.6 Å². The molecule has 0 amide bonds. The molecule has 2 aromatic carbocycles. The molecule has 2 N–H and O–H groups in total. The number of aromatic amines is 2. The van der Waals surface area contributed by atoms with E-state index in [2.05, 4.69) is 43.6 Å². The van der Waals surface area contributed by atoms with Crippen molar-refractivity contribution in [2.75, 3.05) is 14.2 Å². The Balaban J connectivity index is 1.39. The number of H-pyrrole nitrogens is 2. The van der Waals surface area contributed by atoms with E-state index in [0.717, 1.165) is 44.3 Å². The highest BCUT2D eigenvalue weighted by Crippen LogP contribution is 2.34. The molecular weight excluding hydrogens is 749 g/mol. The van der Waals surface area contributed by atoms with Gasteiger partial charge in [-0.2, -0.15) is 0 Å². The molecule has 0 radical (unpaired) electrons. The number of fused-ring (bicyclic) bond motifs is 8. The maximum absolute atomic E-state index is 12.4. The van der Waals surface area contributed by atoms with Gasteiger partial charge in [-0.05, 0) is 120 Å². The first kappa shape index (κ1) is 37.0. The van der Waals surface area contributed by atoms with Crippen molar-refractivity contribution in [2.45, 2.75) is 0 Å². The second-order valence-electron chi connectivity index (χ2n) is 13.6. The second kappa shape index (κ2) is 16.1. The van der Waals surface area contributed by atoms with Crippen molar-refractivity contribution < 1.29 is 19.1 Å². The summed E-state index contributed by atoms with van der Waals surface area (Å²) in [5.41, 5.74) is 12.2. The molecular formula is C50H32N6O4. The average Bonchev–Trinajstić information content (AvgIpc) is 4.15. The zero-order valence-corrected chi connectivity index (χ0v) is 32.3. The van der Waals surface area contributed by atoms with Crippen molar-refractivity contribution in [3.63, 3.8) is 0 Å². The zero-order valence-electron chi connectivity index (χ0n) is 32.3. The first-order chi connectivity index (χ1) is 29.4. The van der Waals surface area contributed by atoms with Gasteiger partial charge in [-0.1, -0.05) is 48.2 Å². The molecule has 286 valence electrons. The van der Waals surface area contributed by atoms with E-state index in [-0.39, 0.29) is 0 Å². The minimum absolute atomic E-state index is 0.426. The van der Waals surface area contributed by atoms with Crippen molar-refractivity contribution in [3.8, 4) is 45.9 Å². The highest BCUT2D eigenvalue weighted by atomic mass is 16.5.